The molecule has 1 aliphatic carbocycles. The summed E-state index contributed by atoms with van der Waals surface area (Å²) >= 11 is 2.45. The van der Waals surface area contributed by atoms with Crippen molar-refractivity contribution in [3.63, 3.8) is 0 Å². The van der Waals surface area contributed by atoms with Crippen molar-refractivity contribution < 1.29 is 14.3 Å². The Kier molecular flexibility index (Phi) is 4.54. The summed E-state index contributed by atoms with van der Waals surface area (Å²) in [5.74, 6) is 0.544. The lowest BCUT2D eigenvalue weighted by Gasteiger charge is -2.39. The van der Waals surface area contributed by atoms with Gasteiger partial charge in [-0.05, 0) is 30.7 Å². The molecule has 1 spiro atoms. The summed E-state index contributed by atoms with van der Waals surface area (Å²) in [4.78, 5) is 12.1. The van der Waals surface area contributed by atoms with Crippen LogP contribution < -0.4 is 0 Å². The Labute approximate surface area is 139 Å². The third-order valence-electron chi connectivity index (χ3n) is 4.63. The van der Waals surface area contributed by atoms with Gasteiger partial charge < -0.3 is 9.47 Å². The number of halogens is 1. The highest BCUT2D eigenvalue weighted by atomic mass is 127. The molecule has 0 N–H and O–H groups in total. The Hall–Kier alpha value is -0.620. The van der Waals surface area contributed by atoms with Crippen molar-refractivity contribution in [3.05, 3.63) is 35.9 Å². The molecular weight excluding hydrogens is 379 g/mol. The molecule has 1 heterocycles. The zero-order valence-electron chi connectivity index (χ0n) is 12.3. The van der Waals surface area contributed by atoms with Gasteiger partial charge in [0, 0.05) is 6.42 Å². The molecule has 1 aliphatic heterocycles. The molecule has 0 bridgehead atoms. The molecule has 1 aromatic rings. The number of ether oxygens (including phenoxy) is 2. The average Bonchev–Trinajstić information content (AvgIpc) is 2.80. The summed E-state index contributed by atoms with van der Waals surface area (Å²) < 4.78 is 12.0. The highest BCUT2D eigenvalue weighted by molar-refractivity contribution is 14.1. The van der Waals surface area contributed by atoms with Crippen LogP contribution in [0.25, 0.3) is 0 Å². The maximum absolute atomic E-state index is 12.1. The fourth-order valence-electron chi connectivity index (χ4n) is 3.28. The molecule has 3 rings (SSSR count). The van der Waals surface area contributed by atoms with E-state index in [9.17, 15) is 4.79 Å². The molecule has 2 aliphatic rings. The van der Waals surface area contributed by atoms with Gasteiger partial charge in [-0.1, -0.05) is 59.8 Å². The van der Waals surface area contributed by atoms with Crippen molar-refractivity contribution in [2.24, 2.45) is 5.92 Å². The van der Waals surface area contributed by atoms with E-state index in [1.807, 2.05) is 30.3 Å². The SMILES string of the molecule is C[C@H]1CC[C@]2(C[C@@H](OCc3ccccc3)C(=O)O2)[C@H](I)C1. The fraction of sp³-hybridized carbons (Fsp3) is 0.588. The predicted molar refractivity (Wildman–Crippen MR) is 89.3 cm³/mol. The van der Waals surface area contributed by atoms with Crippen LogP contribution in [0.1, 0.15) is 38.2 Å². The third-order valence-corrected chi connectivity index (χ3v) is 6.28. The molecule has 0 aromatic heterocycles. The lowest BCUT2D eigenvalue weighted by Crippen LogP contribution is -2.43. The van der Waals surface area contributed by atoms with Gasteiger partial charge in [0.15, 0.2) is 6.10 Å². The smallest absolute Gasteiger partial charge is 0.336 e. The predicted octanol–water partition coefficient (Wildman–Crippen LogP) is 3.88. The Morgan fingerprint density at radius 1 is 1.38 bits per heavy atom. The first kappa shape index (κ1) is 15.3. The van der Waals surface area contributed by atoms with E-state index < -0.39 is 6.10 Å². The summed E-state index contributed by atoms with van der Waals surface area (Å²) in [5, 5.41) is 0. The van der Waals surface area contributed by atoms with E-state index >= 15 is 0 Å². The lowest BCUT2D eigenvalue weighted by atomic mass is 9.78. The van der Waals surface area contributed by atoms with Crippen molar-refractivity contribution in [3.8, 4) is 0 Å². The number of rotatable bonds is 3. The zero-order valence-corrected chi connectivity index (χ0v) is 14.4. The fourth-order valence-corrected chi connectivity index (χ4v) is 4.84. The highest BCUT2D eigenvalue weighted by Crippen LogP contribution is 2.46. The first-order valence-electron chi connectivity index (χ1n) is 7.61. The molecule has 4 heteroatoms. The van der Waals surface area contributed by atoms with E-state index in [-0.39, 0.29) is 11.6 Å². The topological polar surface area (TPSA) is 35.5 Å². The second-order valence-corrected chi connectivity index (χ2v) is 7.83. The second kappa shape index (κ2) is 6.24. The number of carbonyl (C=O) groups excluding carboxylic acids is 1. The van der Waals surface area contributed by atoms with Crippen molar-refractivity contribution in [1.29, 1.82) is 0 Å². The third kappa shape index (κ3) is 3.26. The van der Waals surface area contributed by atoms with Crippen LogP contribution in [0.4, 0.5) is 0 Å². The zero-order chi connectivity index (χ0) is 14.9. The minimum atomic E-state index is -0.407. The summed E-state index contributed by atoms with van der Waals surface area (Å²) in [6.45, 7) is 2.75. The Morgan fingerprint density at radius 3 is 2.86 bits per heavy atom. The number of benzene rings is 1. The van der Waals surface area contributed by atoms with E-state index in [2.05, 4.69) is 29.5 Å². The van der Waals surface area contributed by atoms with Gasteiger partial charge in [-0.15, -0.1) is 0 Å². The summed E-state index contributed by atoms with van der Waals surface area (Å²) in [7, 11) is 0. The van der Waals surface area contributed by atoms with Crippen molar-refractivity contribution in [1.82, 2.24) is 0 Å². The van der Waals surface area contributed by atoms with Gasteiger partial charge in [-0.25, -0.2) is 4.79 Å². The molecule has 0 amide bonds. The molecule has 0 unspecified atom stereocenters. The Balaban J connectivity index is 1.62. The van der Waals surface area contributed by atoms with Gasteiger partial charge in [-0.2, -0.15) is 0 Å². The standard InChI is InChI=1S/C17H21IO3/c1-12-7-8-17(15(18)9-12)10-14(16(19)21-17)20-11-13-5-3-2-4-6-13/h2-6,12,14-15H,7-11H2,1H3/t12-,14+,15+,17-/m0/s1. The van der Waals surface area contributed by atoms with Crippen LogP contribution in [0.2, 0.25) is 0 Å². The van der Waals surface area contributed by atoms with Gasteiger partial charge in [-0.3, -0.25) is 0 Å². The van der Waals surface area contributed by atoms with Crippen molar-refractivity contribution in [2.75, 3.05) is 0 Å². The van der Waals surface area contributed by atoms with Gasteiger partial charge in [0.25, 0.3) is 0 Å². The van der Waals surface area contributed by atoms with Gasteiger partial charge >= 0.3 is 5.97 Å². The van der Waals surface area contributed by atoms with E-state index in [1.165, 1.54) is 0 Å². The number of hydrogen-bond donors (Lipinski definition) is 0. The largest absolute Gasteiger partial charge is 0.456 e. The van der Waals surface area contributed by atoms with Gasteiger partial charge in [0.1, 0.15) is 5.60 Å². The molecule has 1 aromatic carbocycles. The summed E-state index contributed by atoms with van der Waals surface area (Å²) in [6, 6.07) is 9.97. The average molecular weight is 400 g/mol. The monoisotopic (exact) mass is 400 g/mol. The molecule has 0 radical (unpaired) electrons. The molecule has 21 heavy (non-hydrogen) atoms. The molecular formula is C17H21IO3. The summed E-state index contributed by atoms with van der Waals surface area (Å²) in [6.07, 6.45) is 3.53. The number of alkyl halides is 1. The minimum Gasteiger partial charge on any atom is -0.456 e. The Morgan fingerprint density at radius 2 is 2.14 bits per heavy atom. The molecule has 1 saturated heterocycles. The maximum Gasteiger partial charge on any atom is 0.336 e. The first-order chi connectivity index (χ1) is 10.1. The van der Waals surface area contributed by atoms with Crippen LogP contribution >= 0.6 is 22.6 Å². The Bertz CT molecular complexity index is 504. The molecule has 2 fully saturated rings. The van der Waals surface area contributed by atoms with Crippen LogP contribution in [0.15, 0.2) is 30.3 Å². The number of carbonyl (C=O) groups is 1. The van der Waals surface area contributed by atoms with Crippen LogP contribution in [-0.2, 0) is 20.9 Å². The molecule has 114 valence electrons. The number of hydrogen-bond acceptors (Lipinski definition) is 3. The summed E-state index contributed by atoms with van der Waals surface area (Å²) in [5.41, 5.74) is 0.806. The van der Waals surface area contributed by atoms with E-state index in [0.717, 1.165) is 30.7 Å². The van der Waals surface area contributed by atoms with Gasteiger partial charge in [0.2, 0.25) is 0 Å². The minimum absolute atomic E-state index is 0.179. The van der Waals surface area contributed by atoms with E-state index in [1.54, 1.807) is 0 Å². The first-order valence-corrected chi connectivity index (χ1v) is 8.86. The van der Waals surface area contributed by atoms with E-state index in [4.69, 9.17) is 9.47 Å². The van der Waals surface area contributed by atoms with Crippen LogP contribution in [-0.4, -0.2) is 21.6 Å². The molecule has 1 saturated carbocycles. The van der Waals surface area contributed by atoms with Crippen LogP contribution in [0.3, 0.4) is 0 Å². The van der Waals surface area contributed by atoms with Gasteiger partial charge in [0.05, 0.1) is 10.5 Å². The van der Waals surface area contributed by atoms with Crippen LogP contribution in [0.5, 0.6) is 0 Å². The van der Waals surface area contributed by atoms with Crippen molar-refractivity contribution in [2.45, 2.75) is 54.8 Å². The van der Waals surface area contributed by atoms with Crippen LogP contribution in [0, 0.1) is 5.92 Å². The molecule has 4 atom stereocenters. The normalized spacial score (nSPS) is 35.9. The molecule has 3 nitrogen and oxygen atoms in total. The maximum atomic E-state index is 12.1. The van der Waals surface area contributed by atoms with E-state index in [0.29, 0.717) is 17.0 Å². The van der Waals surface area contributed by atoms with Crippen molar-refractivity contribution >= 4 is 28.6 Å². The lowest BCUT2D eigenvalue weighted by molar-refractivity contribution is -0.156. The highest BCUT2D eigenvalue weighted by Gasteiger charge is 2.53. The quantitative estimate of drug-likeness (QED) is 0.439. The number of esters is 1. The second-order valence-electron chi connectivity index (χ2n) is 6.32.